The molecule has 6 nitrogen and oxygen atoms in total. The first-order valence-corrected chi connectivity index (χ1v) is 8.28. The van der Waals surface area contributed by atoms with E-state index >= 15 is 0 Å². The maximum atomic E-state index is 12.4. The molecule has 1 amide bonds. The van der Waals surface area contributed by atoms with Crippen LogP contribution in [-0.2, 0) is 4.74 Å². The van der Waals surface area contributed by atoms with Crippen LogP contribution in [-0.4, -0.2) is 58.9 Å². The van der Waals surface area contributed by atoms with Crippen molar-refractivity contribution in [2.24, 2.45) is 5.92 Å². The molecule has 118 valence electrons. The second-order valence-corrected chi connectivity index (χ2v) is 6.51. The van der Waals surface area contributed by atoms with E-state index in [1.165, 1.54) is 25.5 Å². The van der Waals surface area contributed by atoms with Gasteiger partial charge in [-0.25, -0.2) is 0 Å². The fourth-order valence-corrected chi connectivity index (χ4v) is 4.18. The van der Waals surface area contributed by atoms with Crippen molar-refractivity contribution in [2.75, 3.05) is 19.7 Å². The maximum Gasteiger partial charge on any atom is 0.253 e. The van der Waals surface area contributed by atoms with Gasteiger partial charge in [-0.1, -0.05) is 6.42 Å². The van der Waals surface area contributed by atoms with Gasteiger partial charge < -0.3 is 10.1 Å². The normalized spacial score (nSPS) is 34.7. The van der Waals surface area contributed by atoms with Gasteiger partial charge >= 0.3 is 0 Å². The topological polar surface area (TPSA) is 67.3 Å². The van der Waals surface area contributed by atoms with Crippen LogP contribution in [0.5, 0.6) is 0 Å². The Morgan fingerprint density at radius 3 is 2.91 bits per heavy atom. The molecule has 2 aliphatic heterocycles. The number of piperidine rings is 1. The SMILES string of the molecule is O=C(N[C@H]1[C@H]2CCO[C@H]2[C@@H]1N1CCCCC1)c1ccnnc1. The average Bonchev–Trinajstić information content (AvgIpc) is 2.98. The van der Waals surface area contributed by atoms with Gasteiger partial charge in [-0.2, -0.15) is 10.2 Å². The van der Waals surface area contributed by atoms with E-state index in [-0.39, 0.29) is 11.9 Å². The summed E-state index contributed by atoms with van der Waals surface area (Å²) >= 11 is 0. The third-order valence-electron chi connectivity index (χ3n) is 5.31. The Kier molecular flexibility index (Phi) is 3.80. The fraction of sp³-hybridized carbons (Fsp3) is 0.688. The first-order chi connectivity index (χ1) is 10.8. The fourth-order valence-electron chi connectivity index (χ4n) is 4.18. The molecule has 3 heterocycles. The molecular formula is C16H22N4O2. The van der Waals surface area contributed by atoms with Crippen LogP contribution in [0.3, 0.4) is 0 Å². The first-order valence-electron chi connectivity index (χ1n) is 8.28. The van der Waals surface area contributed by atoms with Crippen molar-refractivity contribution in [3.05, 3.63) is 24.0 Å². The zero-order valence-corrected chi connectivity index (χ0v) is 12.6. The quantitative estimate of drug-likeness (QED) is 0.896. The summed E-state index contributed by atoms with van der Waals surface area (Å²) in [6.45, 7) is 3.07. The van der Waals surface area contributed by atoms with Crippen molar-refractivity contribution in [2.45, 2.75) is 43.9 Å². The lowest BCUT2D eigenvalue weighted by atomic mass is 9.70. The lowest BCUT2D eigenvalue weighted by Gasteiger charge is -2.53. The maximum absolute atomic E-state index is 12.4. The van der Waals surface area contributed by atoms with Crippen LogP contribution < -0.4 is 5.32 Å². The number of rotatable bonds is 3. The van der Waals surface area contributed by atoms with E-state index in [1.807, 2.05) is 0 Å². The lowest BCUT2D eigenvalue weighted by Crippen LogP contribution is -2.71. The number of nitrogens with one attached hydrogen (secondary N) is 1. The Balaban J connectivity index is 1.47. The molecule has 1 aromatic heterocycles. The molecule has 2 saturated heterocycles. The van der Waals surface area contributed by atoms with Crippen LogP contribution in [0.1, 0.15) is 36.0 Å². The molecule has 0 spiro atoms. The summed E-state index contributed by atoms with van der Waals surface area (Å²) in [7, 11) is 0. The van der Waals surface area contributed by atoms with E-state index < -0.39 is 0 Å². The molecule has 4 rings (SSSR count). The smallest absolute Gasteiger partial charge is 0.253 e. The predicted molar refractivity (Wildman–Crippen MR) is 80.3 cm³/mol. The van der Waals surface area contributed by atoms with Gasteiger partial charge in [-0.3, -0.25) is 9.69 Å². The van der Waals surface area contributed by atoms with Crippen LogP contribution in [0, 0.1) is 5.92 Å². The summed E-state index contributed by atoms with van der Waals surface area (Å²) in [6, 6.07) is 2.25. The van der Waals surface area contributed by atoms with Crippen LogP contribution in [0.25, 0.3) is 0 Å². The van der Waals surface area contributed by atoms with Crippen molar-refractivity contribution in [1.82, 2.24) is 20.4 Å². The molecule has 1 aliphatic carbocycles. The highest BCUT2D eigenvalue weighted by atomic mass is 16.5. The summed E-state index contributed by atoms with van der Waals surface area (Å²) < 4.78 is 5.92. The van der Waals surface area contributed by atoms with E-state index in [4.69, 9.17) is 4.74 Å². The molecule has 1 N–H and O–H groups in total. The number of hydrogen-bond acceptors (Lipinski definition) is 5. The number of ether oxygens (including phenoxy) is 1. The molecule has 0 radical (unpaired) electrons. The Morgan fingerprint density at radius 1 is 1.27 bits per heavy atom. The monoisotopic (exact) mass is 302 g/mol. The number of fused-ring (bicyclic) bond motifs is 1. The van der Waals surface area contributed by atoms with Gasteiger partial charge in [0.2, 0.25) is 0 Å². The number of carbonyl (C=O) groups is 1. The molecule has 1 saturated carbocycles. The molecule has 0 aromatic carbocycles. The van der Waals surface area contributed by atoms with E-state index in [2.05, 4.69) is 20.4 Å². The summed E-state index contributed by atoms with van der Waals surface area (Å²) in [6.07, 6.45) is 8.25. The van der Waals surface area contributed by atoms with Crippen molar-refractivity contribution in [3.63, 3.8) is 0 Å². The summed E-state index contributed by atoms with van der Waals surface area (Å²) in [5.74, 6) is 0.415. The van der Waals surface area contributed by atoms with E-state index in [1.54, 1.807) is 12.3 Å². The average molecular weight is 302 g/mol. The number of nitrogens with zero attached hydrogens (tertiary/aromatic N) is 3. The molecule has 3 aliphatic rings. The number of likely N-dealkylation sites (tertiary alicyclic amines) is 1. The Bertz CT molecular complexity index is 532. The summed E-state index contributed by atoms with van der Waals surface area (Å²) in [5.41, 5.74) is 0.578. The molecule has 4 atom stereocenters. The van der Waals surface area contributed by atoms with Gasteiger partial charge in [0.1, 0.15) is 0 Å². The largest absolute Gasteiger partial charge is 0.376 e. The zero-order valence-electron chi connectivity index (χ0n) is 12.6. The van der Waals surface area contributed by atoms with E-state index in [0.29, 0.717) is 23.6 Å². The second-order valence-electron chi connectivity index (χ2n) is 6.51. The Morgan fingerprint density at radius 2 is 2.14 bits per heavy atom. The zero-order chi connectivity index (χ0) is 14.9. The van der Waals surface area contributed by atoms with Gasteiger partial charge in [0.25, 0.3) is 5.91 Å². The molecule has 6 heteroatoms. The molecule has 3 fully saturated rings. The standard InChI is InChI=1S/C16H22N4O2/c21-16(11-4-6-17-18-10-11)19-13-12-5-9-22-15(12)14(13)20-7-2-1-3-8-20/h4,6,10,12-15H,1-3,5,7-9H2,(H,19,21)/t12-,13+,14-,15-/m1/s1. The van der Waals surface area contributed by atoms with Crippen molar-refractivity contribution in [1.29, 1.82) is 0 Å². The van der Waals surface area contributed by atoms with Crippen molar-refractivity contribution in [3.8, 4) is 0 Å². The summed E-state index contributed by atoms with van der Waals surface area (Å²) in [4.78, 5) is 14.9. The van der Waals surface area contributed by atoms with Crippen LogP contribution in [0.4, 0.5) is 0 Å². The first kappa shape index (κ1) is 14.1. The van der Waals surface area contributed by atoms with Crippen LogP contribution >= 0.6 is 0 Å². The van der Waals surface area contributed by atoms with Crippen molar-refractivity contribution >= 4 is 5.91 Å². The third kappa shape index (κ3) is 2.40. The van der Waals surface area contributed by atoms with Gasteiger partial charge in [0.15, 0.2) is 0 Å². The van der Waals surface area contributed by atoms with Gasteiger partial charge in [-0.05, 0) is 38.4 Å². The Hall–Kier alpha value is -1.53. The molecule has 0 bridgehead atoms. The number of aromatic nitrogens is 2. The lowest BCUT2D eigenvalue weighted by molar-refractivity contribution is -0.0862. The van der Waals surface area contributed by atoms with Gasteiger partial charge in [0, 0.05) is 12.5 Å². The van der Waals surface area contributed by atoms with Crippen LogP contribution in [0.15, 0.2) is 18.5 Å². The second kappa shape index (κ2) is 5.93. The highest BCUT2D eigenvalue weighted by Gasteiger charge is 2.56. The van der Waals surface area contributed by atoms with E-state index in [9.17, 15) is 4.79 Å². The highest BCUT2D eigenvalue weighted by molar-refractivity contribution is 5.94. The predicted octanol–water partition coefficient (Wildman–Crippen LogP) is 0.848. The van der Waals surface area contributed by atoms with Gasteiger partial charge in [-0.15, -0.1) is 0 Å². The molecule has 1 aromatic rings. The number of carbonyl (C=O) groups excluding carboxylic acids is 1. The number of hydrogen-bond donors (Lipinski definition) is 1. The van der Waals surface area contributed by atoms with E-state index in [0.717, 1.165) is 26.1 Å². The Labute approximate surface area is 130 Å². The highest BCUT2D eigenvalue weighted by Crippen LogP contribution is 2.42. The minimum atomic E-state index is -0.0488. The minimum Gasteiger partial charge on any atom is -0.376 e. The van der Waals surface area contributed by atoms with Crippen LogP contribution in [0.2, 0.25) is 0 Å². The van der Waals surface area contributed by atoms with Crippen molar-refractivity contribution < 1.29 is 9.53 Å². The third-order valence-corrected chi connectivity index (χ3v) is 5.31. The van der Waals surface area contributed by atoms with Gasteiger partial charge in [0.05, 0.1) is 36.1 Å². The molecule has 22 heavy (non-hydrogen) atoms. The molecular weight excluding hydrogens is 280 g/mol. The minimum absolute atomic E-state index is 0.0488. The summed E-state index contributed by atoms with van der Waals surface area (Å²) in [5, 5.41) is 10.7. The molecule has 0 unspecified atom stereocenters. The number of amides is 1.